The van der Waals surface area contributed by atoms with Crippen LogP contribution in [0, 0.1) is 0 Å². The normalized spacial score (nSPS) is 14.4. The Kier molecular flexibility index (Phi) is 6.82. The summed E-state index contributed by atoms with van der Waals surface area (Å²) in [5, 5.41) is 0. The average Bonchev–Trinajstić information content (AvgIpc) is 2.55. The molecular formula is C16H17ClNO5P. The lowest BCUT2D eigenvalue weighted by Crippen LogP contribution is -2.34. The first-order valence-corrected chi connectivity index (χ1v) is 9.60. The van der Waals surface area contributed by atoms with Crippen LogP contribution < -0.4 is 10.0 Å². The van der Waals surface area contributed by atoms with Gasteiger partial charge in [0.1, 0.15) is 11.8 Å². The largest absolute Gasteiger partial charge is 0.532 e. The van der Waals surface area contributed by atoms with Crippen LogP contribution in [0.3, 0.4) is 0 Å². The molecule has 128 valence electrons. The van der Waals surface area contributed by atoms with Crippen molar-refractivity contribution in [2.75, 3.05) is 0 Å². The fourth-order valence-corrected chi connectivity index (χ4v) is 2.91. The molecule has 0 aliphatic heterocycles. The van der Waals surface area contributed by atoms with E-state index in [0.717, 1.165) is 5.56 Å². The van der Waals surface area contributed by atoms with Crippen molar-refractivity contribution in [1.82, 2.24) is 5.48 Å². The van der Waals surface area contributed by atoms with Gasteiger partial charge in [-0.2, -0.15) is 5.48 Å². The third-order valence-corrected chi connectivity index (χ3v) is 4.09. The molecule has 24 heavy (non-hydrogen) atoms. The number of nitrogens with one attached hydrogen (secondary N) is 1. The SMILES string of the molecule is C[C@H](NOCc1ccccc1)C(=O)OP(=O)(Cl)Oc1ccccc1. The van der Waals surface area contributed by atoms with Gasteiger partial charge in [-0.25, -0.2) is 9.36 Å². The average molecular weight is 370 g/mol. The number of hydroxylamine groups is 1. The standard InChI is InChI=1S/C16H17ClNO5P/c1-13(18-21-12-14-8-4-2-5-9-14)16(19)23-24(17,20)22-15-10-6-3-7-11-15/h2-11,13,18H,12H2,1H3/t13-,24?/m0/s1. The Morgan fingerprint density at radius 2 is 1.71 bits per heavy atom. The van der Waals surface area contributed by atoms with Crippen molar-refractivity contribution in [3.8, 4) is 5.75 Å². The molecule has 6 nitrogen and oxygen atoms in total. The van der Waals surface area contributed by atoms with Gasteiger partial charge in [0.05, 0.1) is 6.61 Å². The van der Waals surface area contributed by atoms with Crippen molar-refractivity contribution in [3.63, 3.8) is 0 Å². The number of benzene rings is 2. The molecule has 1 N–H and O–H groups in total. The van der Waals surface area contributed by atoms with E-state index in [0.29, 0.717) is 0 Å². The molecule has 0 bridgehead atoms. The second-order valence-electron chi connectivity index (χ2n) is 4.86. The molecular weight excluding hydrogens is 353 g/mol. The highest BCUT2D eigenvalue weighted by Crippen LogP contribution is 2.53. The number of halogens is 1. The summed E-state index contributed by atoms with van der Waals surface area (Å²) < 4.78 is 21.8. The zero-order valence-electron chi connectivity index (χ0n) is 12.9. The van der Waals surface area contributed by atoms with E-state index < -0.39 is 19.0 Å². The van der Waals surface area contributed by atoms with E-state index in [4.69, 9.17) is 25.1 Å². The van der Waals surface area contributed by atoms with E-state index in [9.17, 15) is 9.36 Å². The second kappa shape index (κ2) is 8.85. The van der Waals surface area contributed by atoms with Gasteiger partial charge in [-0.1, -0.05) is 48.5 Å². The van der Waals surface area contributed by atoms with Crippen LogP contribution in [-0.2, 0) is 25.3 Å². The summed E-state index contributed by atoms with van der Waals surface area (Å²) in [4.78, 5) is 17.1. The van der Waals surface area contributed by atoms with Crippen molar-refractivity contribution < 1.29 is 23.2 Å². The van der Waals surface area contributed by atoms with E-state index in [2.05, 4.69) is 5.48 Å². The van der Waals surface area contributed by atoms with Crippen molar-refractivity contribution in [3.05, 3.63) is 66.2 Å². The highest BCUT2D eigenvalue weighted by molar-refractivity contribution is 7.82. The van der Waals surface area contributed by atoms with Crippen molar-refractivity contribution in [1.29, 1.82) is 0 Å². The lowest BCUT2D eigenvalue weighted by Gasteiger charge is -2.16. The summed E-state index contributed by atoms with van der Waals surface area (Å²) in [6, 6.07) is 16.7. The van der Waals surface area contributed by atoms with Crippen LogP contribution >= 0.6 is 18.2 Å². The third kappa shape index (κ3) is 6.34. The van der Waals surface area contributed by atoms with Crippen LogP contribution in [0.4, 0.5) is 0 Å². The molecule has 0 amide bonds. The quantitative estimate of drug-likeness (QED) is 0.558. The zero-order valence-corrected chi connectivity index (χ0v) is 14.6. The summed E-state index contributed by atoms with van der Waals surface area (Å²) in [6.07, 6.45) is 0. The molecule has 2 atom stereocenters. The Balaban J connectivity index is 1.79. The smallest absolute Gasteiger partial charge is 0.405 e. The molecule has 2 aromatic rings. The van der Waals surface area contributed by atoms with Gasteiger partial charge in [0, 0.05) is 11.2 Å². The summed E-state index contributed by atoms with van der Waals surface area (Å²) in [5.74, 6) is -0.609. The minimum Gasteiger partial charge on any atom is -0.405 e. The monoisotopic (exact) mass is 369 g/mol. The maximum Gasteiger partial charge on any atom is 0.532 e. The first-order valence-electron chi connectivity index (χ1n) is 7.15. The van der Waals surface area contributed by atoms with Crippen LogP contribution in [0.15, 0.2) is 60.7 Å². The van der Waals surface area contributed by atoms with Crippen molar-refractivity contribution >= 4 is 24.2 Å². The number of para-hydroxylation sites is 1. The second-order valence-corrected chi connectivity index (χ2v) is 7.33. The molecule has 0 fully saturated rings. The van der Waals surface area contributed by atoms with E-state index in [-0.39, 0.29) is 12.4 Å². The molecule has 2 aromatic carbocycles. The van der Waals surface area contributed by atoms with Gasteiger partial charge >= 0.3 is 12.9 Å². The molecule has 0 saturated heterocycles. The Hall–Kier alpha value is -1.85. The molecule has 0 spiro atoms. The van der Waals surface area contributed by atoms with E-state index in [1.54, 1.807) is 30.3 Å². The number of hydrogen-bond donors (Lipinski definition) is 1. The van der Waals surface area contributed by atoms with E-state index in [1.807, 2.05) is 30.3 Å². The van der Waals surface area contributed by atoms with Crippen LogP contribution in [-0.4, -0.2) is 12.0 Å². The van der Waals surface area contributed by atoms with Gasteiger partial charge in [-0.3, -0.25) is 4.84 Å². The fourth-order valence-electron chi connectivity index (χ4n) is 1.68. The summed E-state index contributed by atoms with van der Waals surface area (Å²) in [5.41, 5.74) is 3.44. The predicted octanol–water partition coefficient (Wildman–Crippen LogP) is 4.07. The van der Waals surface area contributed by atoms with Gasteiger partial charge in [-0.05, 0) is 24.6 Å². The molecule has 0 radical (unpaired) electrons. The summed E-state index contributed by atoms with van der Waals surface area (Å²) in [6.45, 7) is -2.33. The number of carbonyl (C=O) groups excluding carboxylic acids is 1. The van der Waals surface area contributed by atoms with Gasteiger partial charge in [0.15, 0.2) is 0 Å². The predicted molar refractivity (Wildman–Crippen MR) is 90.5 cm³/mol. The number of carbonyl (C=O) groups is 1. The Morgan fingerprint density at radius 3 is 2.33 bits per heavy atom. The maximum atomic E-state index is 12.0. The number of rotatable bonds is 8. The lowest BCUT2D eigenvalue weighted by atomic mass is 10.2. The van der Waals surface area contributed by atoms with Crippen LogP contribution in [0.2, 0.25) is 0 Å². The Morgan fingerprint density at radius 1 is 1.12 bits per heavy atom. The van der Waals surface area contributed by atoms with Gasteiger partial charge in [0.2, 0.25) is 0 Å². The Labute approximate surface area is 145 Å². The van der Waals surface area contributed by atoms with Gasteiger partial charge in [-0.15, -0.1) is 0 Å². The van der Waals surface area contributed by atoms with Crippen molar-refractivity contribution in [2.24, 2.45) is 0 Å². The fraction of sp³-hybridized carbons (Fsp3) is 0.188. The lowest BCUT2D eigenvalue weighted by molar-refractivity contribution is -0.141. The van der Waals surface area contributed by atoms with Crippen molar-refractivity contribution in [2.45, 2.75) is 19.6 Å². The van der Waals surface area contributed by atoms with Crippen LogP contribution in [0.5, 0.6) is 5.75 Å². The molecule has 1 unspecified atom stereocenters. The number of hydrogen-bond acceptors (Lipinski definition) is 6. The molecule has 8 heteroatoms. The minimum atomic E-state index is -4.09. The maximum absolute atomic E-state index is 12.0. The molecule has 0 aliphatic rings. The molecule has 0 aromatic heterocycles. The molecule has 0 saturated carbocycles. The van der Waals surface area contributed by atoms with Crippen LogP contribution in [0.1, 0.15) is 12.5 Å². The summed E-state index contributed by atoms with van der Waals surface area (Å²) in [7, 11) is 0. The molecule has 2 rings (SSSR count). The minimum absolute atomic E-state index is 0.240. The van der Waals surface area contributed by atoms with E-state index in [1.165, 1.54) is 6.92 Å². The van der Waals surface area contributed by atoms with Gasteiger partial charge in [0.25, 0.3) is 0 Å². The topological polar surface area (TPSA) is 73.9 Å². The molecule has 0 aliphatic carbocycles. The molecule has 0 heterocycles. The van der Waals surface area contributed by atoms with Crippen LogP contribution in [0.25, 0.3) is 0 Å². The summed E-state index contributed by atoms with van der Waals surface area (Å²) >= 11 is 5.66. The highest BCUT2D eigenvalue weighted by atomic mass is 35.7. The van der Waals surface area contributed by atoms with E-state index >= 15 is 0 Å². The Bertz CT molecular complexity index is 698. The van der Waals surface area contributed by atoms with Gasteiger partial charge < -0.3 is 9.05 Å². The third-order valence-electron chi connectivity index (χ3n) is 2.85. The first-order chi connectivity index (χ1) is 11.5. The first kappa shape index (κ1) is 18.5. The highest BCUT2D eigenvalue weighted by Gasteiger charge is 2.30. The zero-order chi connectivity index (χ0) is 17.4.